The lowest BCUT2D eigenvalue weighted by Crippen LogP contribution is -1.96. The van der Waals surface area contributed by atoms with Crippen molar-refractivity contribution in [1.29, 1.82) is 0 Å². The van der Waals surface area contributed by atoms with E-state index in [4.69, 9.17) is 9.47 Å². The van der Waals surface area contributed by atoms with Gasteiger partial charge in [-0.05, 0) is 47.0 Å². The maximum atomic E-state index is 12.3. The number of carbonyl (C=O) groups excluding carboxylic acids is 1. The molecule has 2 N–H and O–H groups in total. The van der Waals surface area contributed by atoms with E-state index in [1.54, 1.807) is 12.1 Å². The molecule has 0 saturated carbocycles. The van der Waals surface area contributed by atoms with Crippen LogP contribution in [0.3, 0.4) is 0 Å². The van der Waals surface area contributed by atoms with Crippen LogP contribution in [0.2, 0.25) is 0 Å². The van der Waals surface area contributed by atoms with Crippen LogP contribution in [0.25, 0.3) is 11.8 Å². The van der Waals surface area contributed by atoms with Crippen LogP contribution in [0.15, 0.2) is 115 Å². The first-order valence-electron chi connectivity index (χ1n) is 11.5. The molecule has 0 fully saturated rings. The van der Waals surface area contributed by atoms with Crippen LogP contribution in [-0.2, 0) is 18.0 Å². The van der Waals surface area contributed by atoms with Gasteiger partial charge in [0.15, 0.2) is 5.78 Å². The van der Waals surface area contributed by atoms with Crippen molar-refractivity contribution in [3.05, 3.63) is 138 Å². The molecule has 0 bridgehead atoms. The van der Waals surface area contributed by atoms with Crippen LogP contribution in [0.4, 0.5) is 0 Å². The van der Waals surface area contributed by atoms with Gasteiger partial charge in [0.2, 0.25) is 0 Å². The van der Waals surface area contributed by atoms with Crippen LogP contribution in [0, 0.1) is 0 Å². The highest BCUT2D eigenvalue weighted by Crippen LogP contribution is 2.28. The van der Waals surface area contributed by atoms with Gasteiger partial charge in [-0.1, -0.05) is 78.9 Å². The van der Waals surface area contributed by atoms with Gasteiger partial charge < -0.3 is 19.7 Å². The number of phenolic OH excluding ortho intramolecular Hbond substituents is 1. The third kappa shape index (κ3) is 7.11. The van der Waals surface area contributed by atoms with Crippen LogP contribution in [-0.4, -0.2) is 16.0 Å². The highest BCUT2D eigenvalue weighted by molar-refractivity contribution is 6.05. The zero-order valence-corrected chi connectivity index (χ0v) is 19.6. The molecular formula is C31H26O5. The number of benzene rings is 4. The number of phenols is 1. The maximum absolute atomic E-state index is 12.3. The predicted octanol–water partition coefficient (Wildman–Crippen LogP) is 6.73. The van der Waals surface area contributed by atoms with Crippen LogP contribution >= 0.6 is 0 Å². The summed E-state index contributed by atoms with van der Waals surface area (Å²) in [4.78, 5) is 12.3. The number of rotatable bonds is 10. The van der Waals surface area contributed by atoms with Crippen molar-refractivity contribution in [2.45, 2.75) is 13.2 Å². The molecule has 4 aromatic rings. The van der Waals surface area contributed by atoms with Crippen molar-refractivity contribution in [2.24, 2.45) is 0 Å². The van der Waals surface area contributed by atoms with E-state index in [2.05, 4.69) is 0 Å². The van der Waals surface area contributed by atoms with E-state index in [0.29, 0.717) is 19.0 Å². The summed E-state index contributed by atoms with van der Waals surface area (Å²) in [5.74, 6) is 0.251. The second-order valence-corrected chi connectivity index (χ2v) is 8.06. The van der Waals surface area contributed by atoms with Gasteiger partial charge in [0, 0.05) is 12.1 Å². The number of aromatic hydroxyl groups is 1. The van der Waals surface area contributed by atoms with E-state index in [1.807, 2.05) is 84.9 Å². The molecule has 0 heterocycles. The third-order valence-electron chi connectivity index (χ3n) is 5.34. The molecule has 0 aliphatic rings. The Morgan fingerprint density at radius 1 is 0.722 bits per heavy atom. The van der Waals surface area contributed by atoms with Crippen molar-refractivity contribution in [2.75, 3.05) is 0 Å². The molecule has 0 atom stereocenters. The van der Waals surface area contributed by atoms with E-state index in [0.717, 1.165) is 28.5 Å². The van der Waals surface area contributed by atoms with Crippen molar-refractivity contribution in [1.82, 2.24) is 0 Å². The van der Waals surface area contributed by atoms with Crippen molar-refractivity contribution >= 4 is 17.6 Å². The minimum Gasteiger partial charge on any atom is -0.507 e. The summed E-state index contributed by atoms with van der Waals surface area (Å²) in [6, 6.07) is 31.4. The van der Waals surface area contributed by atoms with Gasteiger partial charge in [-0.25, -0.2) is 0 Å². The predicted molar refractivity (Wildman–Crippen MR) is 141 cm³/mol. The van der Waals surface area contributed by atoms with E-state index in [9.17, 15) is 15.0 Å². The topological polar surface area (TPSA) is 76.0 Å². The monoisotopic (exact) mass is 478 g/mol. The quantitative estimate of drug-likeness (QED) is 0.195. The highest BCUT2D eigenvalue weighted by atomic mass is 16.5. The largest absolute Gasteiger partial charge is 0.507 e. The zero-order chi connectivity index (χ0) is 25.2. The molecule has 0 aliphatic carbocycles. The molecule has 36 heavy (non-hydrogen) atoms. The van der Waals surface area contributed by atoms with Gasteiger partial charge in [-0.3, -0.25) is 4.79 Å². The van der Waals surface area contributed by atoms with Crippen LogP contribution < -0.4 is 9.47 Å². The fraction of sp³-hybridized carbons (Fsp3) is 0.0645. The standard InChI is InChI=1S/C31H26O5/c32-26(14-11-23-12-15-27(16-13-23)35-21-24-7-3-1-4-8-24)19-30(33)29-18-17-28(20-31(29)34)36-22-25-9-5-2-6-10-25/h1-20,33-34H,21-22H2/b14-11+,30-19-. The molecule has 0 aromatic heterocycles. The number of ketones is 1. The molecule has 0 amide bonds. The summed E-state index contributed by atoms with van der Waals surface area (Å²) in [6.45, 7) is 0.830. The third-order valence-corrected chi connectivity index (χ3v) is 5.34. The van der Waals surface area contributed by atoms with Crippen LogP contribution in [0.1, 0.15) is 22.3 Å². The minimum absolute atomic E-state index is 0.142. The number of hydrogen-bond acceptors (Lipinski definition) is 5. The first-order valence-corrected chi connectivity index (χ1v) is 11.5. The molecule has 4 rings (SSSR count). The summed E-state index contributed by atoms with van der Waals surface area (Å²) in [6.07, 6.45) is 4.06. The van der Waals surface area contributed by atoms with E-state index < -0.39 is 5.78 Å². The molecule has 0 spiro atoms. The summed E-state index contributed by atoms with van der Waals surface area (Å²) in [5.41, 5.74) is 3.03. The average Bonchev–Trinajstić information content (AvgIpc) is 2.91. The smallest absolute Gasteiger partial charge is 0.182 e. The fourth-order valence-corrected chi connectivity index (χ4v) is 3.41. The lowest BCUT2D eigenvalue weighted by atomic mass is 10.1. The second kappa shape index (κ2) is 12.1. The van der Waals surface area contributed by atoms with E-state index in [1.165, 1.54) is 18.2 Å². The molecule has 5 heteroatoms. The summed E-state index contributed by atoms with van der Waals surface area (Å²) >= 11 is 0. The Labute approximate surface area is 210 Å². The number of aliphatic hydroxyl groups is 1. The Balaban J connectivity index is 1.32. The van der Waals surface area contributed by atoms with Gasteiger partial charge in [0.05, 0.1) is 5.56 Å². The Hall–Kier alpha value is -4.77. The Bertz CT molecular complexity index is 1340. The van der Waals surface area contributed by atoms with Crippen LogP contribution in [0.5, 0.6) is 17.2 Å². The molecular weight excluding hydrogens is 452 g/mol. The van der Waals surface area contributed by atoms with Gasteiger partial charge >= 0.3 is 0 Å². The minimum atomic E-state index is -0.416. The molecule has 0 aliphatic heterocycles. The number of ether oxygens (including phenoxy) is 2. The van der Waals surface area contributed by atoms with Gasteiger partial charge in [-0.2, -0.15) is 0 Å². The summed E-state index contributed by atoms with van der Waals surface area (Å²) in [7, 11) is 0. The molecule has 0 radical (unpaired) electrons. The zero-order valence-electron chi connectivity index (χ0n) is 19.6. The lowest BCUT2D eigenvalue weighted by Gasteiger charge is -2.09. The van der Waals surface area contributed by atoms with Crippen molar-refractivity contribution in [3.8, 4) is 17.2 Å². The fourth-order valence-electron chi connectivity index (χ4n) is 3.41. The lowest BCUT2D eigenvalue weighted by molar-refractivity contribution is -0.110. The first kappa shape index (κ1) is 24.4. The number of aliphatic hydroxyl groups excluding tert-OH is 1. The molecule has 5 nitrogen and oxygen atoms in total. The Kier molecular flexibility index (Phi) is 8.18. The second-order valence-electron chi connectivity index (χ2n) is 8.06. The first-order chi connectivity index (χ1) is 17.6. The molecule has 0 saturated heterocycles. The maximum Gasteiger partial charge on any atom is 0.182 e. The average molecular weight is 479 g/mol. The summed E-state index contributed by atoms with van der Waals surface area (Å²) in [5, 5.41) is 20.6. The summed E-state index contributed by atoms with van der Waals surface area (Å²) < 4.78 is 11.4. The Morgan fingerprint density at radius 2 is 1.28 bits per heavy atom. The van der Waals surface area contributed by atoms with Gasteiger partial charge in [-0.15, -0.1) is 0 Å². The van der Waals surface area contributed by atoms with Crippen molar-refractivity contribution in [3.63, 3.8) is 0 Å². The molecule has 0 unspecified atom stereocenters. The van der Waals surface area contributed by atoms with Gasteiger partial charge in [0.1, 0.15) is 36.2 Å². The van der Waals surface area contributed by atoms with E-state index >= 15 is 0 Å². The number of hydrogen-bond donors (Lipinski definition) is 2. The molecule has 4 aromatic carbocycles. The van der Waals surface area contributed by atoms with Crippen molar-refractivity contribution < 1.29 is 24.5 Å². The van der Waals surface area contributed by atoms with E-state index in [-0.39, 0.29) is 17.1 Å². The normalized spacial score (nSPS) is 11.4. The van der Waals surface area contributed by atoms with Gasteiger partial charge in [0.25, 0.3) is 0 Å². The number of allylic oxidation sites excluding steroid dienone is 2. The number of carbonyl (C=O) groups is 1. The SMILES string of the molecule is O=C(/C=C(\O)c1ccc(OCc2ccccc2)cc1O)/C=C/c1ccc(OCc2ccccc2)cc1. The Morgan fingerprint density at radius 3 is 1.86 bits per heavy atom. The molecule has 180 valence electrons. The highest BCUT2D eigenvalue weighted by Gasteiger charge is 2.09.